The Morgan fingerprint density at radius 2 is 2.19 bits per heavy atom. The highest BCUT2D eigenvalue weighted by Crippen LogP contribution is 2.33. The number of rotatable bonds is 5. The second-order valence-electron chi connectivity index (χ2n) is 5.48. The molecule has 2 unspecified atom stereocenters. The van der Waals surface area contributed by atoms with Crippen molar-refractivity contribution < 1.29 is 17.9 Å². The second kappa shape index (κ2) is 6.77. The summed E-state index contributed by atoms with van der Waals surface area (Å²) in [5, 5.41) is 0. The lowest BCUT2D eigenvalue weighted by molar-refractivity contribution is -0.137. The highest BCUT2D eigenvalue weighted by molar-refractivity contribution is 5.28. The average Bonchev–Trinajstić information content (AvgIpc) is 2.88. The molecule has 118 valence electrons. The van der Waals surface area contributed by atoms with Gasteiger partial charge < -0.3 is 10.5 Å². The average molecular weight is 302 g/mol. The molecule has 6 heteroatoms. The molecule has 2 atom stereocenters. The SMILES string of the molecule is COCC1CCN(C(CN)c2cccc(C(F)(F)F)c2)C1. The van der Waals surface area contributed by atoms with Crippen LogP contribution in [-0.4, -0.2) is 38.3 Å². The molecule has 1 aliphatic rings. The van der Waals surface area contributed by atoms with E-state index in [1.165, 1.54) is 12.1 Å². The third-order valence-electron chi connectivity index (χ3n) is 3.98. The zero-order chi connectivity index (χ0) is 15.5. The van der Waals surface area contributed by atoms with Crippen LogP contribution < -0.4 is 5.73 Å². The van der Waals surface area contributed by atoms with E-state index in [2.05, 4.69) is 4.90 Å². The van der Waals surface area contributed by atoms with Gasteiger partial charge >= 0.3 is 6.18 Å². The summed E-state index contributed by atoms with van der Waals surface area (Å²) in [7, 11) is 1.66. The number of hydrogen-bond acceptors (Lipinski definition) is 3. The van der Waals surface area contributed by atoms with E-state index in [9.17, 15) is 13.2 Å². The van der Waals surface area contributed by atoms with Crippen LogP contribution in [0.25, 0.3) is 0 Å². The van der Waals surface area contributed by atoms with Crippen LogP contribution in [0.2, 0.25) is 0 Å². The smallest absolute Gasteiger partial charge is 0.384 e. The molecule has 0 aliphatic carbocycles. The highest BCUT2D eigenvalue weighted by Gasteiger charge is 2.33. The lowest BCUT2D eigenvalue weighted by Gasteiger charge is -2.27. The lowest BCUT2D eigenvalue weighted by Crippen LogP contribution is -2.32. The van der Waals surface area contributed by atoms with Crippen molar-refractivity contribution in [3.8, 4) is 0 Å². The quantitative estimate of drug-likeness (QED) is 0.909. The van der Waals surface area contributed by atoms with E-state index < -0.39 is 11.7 Å². The van der Waals surface area contributed by atoms with Crippen LogP contribution in [0.1, 0.15) is 23.6 Å². The van der Waals surface area contributed by atoms with Gasteiger partial charge in [0.25, 0.3) is 0 Å². The van der Waals surface area contributed by atoms with Crippen LogP contribution in [0, 0.1) is 5.92 Å². The monoisotopic (exact) mass is 302 g/mol. The van der Waals surface area contributed by atoms with Crippen molar-refractivity contribution in [1.29, 1.82) is 0 Å². The van der Waals surface area contributed by atoms with E-state index >= 15 is 0 Å². The molecule has 1 heterocycles. The molecular weight excluding hydrogens is 281 g/mol. The number of methoxy groups -OCH3 is 1. The lowest BCUT2D eigenvalue weighted by atomic mass is 10.0. The first-order chi connectivity index (χ1) is 9.95. The molecular formula is C15H21F3N2O. The van der Waals surface area contributed by atoms with Gasteiger partial charge in [0.05, 0.1) is 12.2 Å². The van der Waals surface area contributed by atoms with E-state index in [0.717, 1.165) is 25.6 Å². The molecule has 0 radical (unpaired) electrons. The summed E-state index contributed by atoms with van der Waals surface area (Å²) in [6.07, 6.45) is -3.33. The van der Waals surface area contributed by atoms with Gasteiger partial charge in [-0.2, -0.15) is 13.2 Å². The van der Waals surface area contributed by atoms with Crippen molar-refractivity contribution in [2.45, 2.75) is 18.6 Å². The summed E-state index contributed by atoms with van der Waals surface area (Å²) < 4.78 is 43.6. The molecule has 0 aromatic heterocycles. The third kappa shape index (κ3) is 3.96. The Bertz CT molecular complexity index is 464. The van der Waals surface area contributed by atoms with Crippen LogP contribution in [-0.2, 0) is 10.9 Å². The van der Waals surface area contributed by atoms with Gasteiger partial charge in [-0.15, -0.1) is 0 Å². The van der Waals surface area contributed by atoms with Gasteiger partial charge in [0.2, 0.25) is 0 Å². The van der Waals surface area contributed by atoms with Crippen molar-refractivity contribution in [1.82, 2.24) is 4.90 Å². The van der Waals surface area contributed by atoms with Crippen molar-refractivity contribution >= 4 is 0 Å². The largest absolute Gasteiger partial charge is 0.416 e. The summed E-state index contributed by atoms with van der Waals surface area (Å²) in [4.78, 5) is 2.15. The number of ether oxygens (including phenoxy) is 1. The normalized spacial score (nSPS) is 21.7. The Morgan fingerprint density at radius 1 is 1.43 bits per heavy atom. The van der Waals surface area contributed by atoms with Gasteiger partial charge in [0.1, 0.15) is 0 Å². The molecule has 0 spiro atoms. The Balaban J connectivity index is 2.15. The van der Waals surface area contributed by atoms with Crippen LogP contribution in [0.3, 0.4) is 0 Å². The molecule has 1 saturated heterocycles. The van der Waals surface area contributed by atoms with Crippen LogP contribution in [0.5, 0.6) is 0 Å². The Hall–Kier alpha value is -1.11. The maximum Gasteiger partial charge on any atom is 0.416 e. The minimum Gasteiger partial charge on any atom is -0.384 e. The molecule has 0 amide bonds. The van der Waals surface area contributed by atoms with Crippen molar-refractivity contribution in [3.05, 3.63) is 35.4 Å². The summed E-state index contributed by atoms with van der Waals surface area (Å²) in [5.41, 5.74) is 5.82. The molecule has 2 N–H and O–H groups in total. The zero-order valence-corrected chi connectivity index (χ0v) is 12.1. The fourth-order valence-corrected chi connectivity index (χ4v) is 2.94. The standard InChI is InChI=1S/C15H21F3N2O/c1-21-10-11-5-6-20(9-11)14(8-19)12-3-2-4-13(7-12)15(16,17)18/h2-4,7,11,14H,5-6,8-10,19H2,1H3. The Kier molecular flexibility index (Phi) is 5.24. The van der Waals surface area contributed by atoms with E-state index in [-0.39, 0.29) is 6.04 Å². The van der Waals surface area contributed by atoms with E-state index in [0.29, 0.717) is 24.6 Å². The number of nitrogens with two attached hydrogens (primary N) is 1. The number of hydrogen-bond donors (Lipinski definition) is 1. The first-order valence-corrected chi connectivity index (χ1v) is 7.06. The molecule has 1 aliphatic heterocycles. The Morgan fingerprint density at radius 3 is 2.81 bits per heavy atom. The number of halogens is 3. The van der Waals surface area contributed by atoms with Gasteiger partial charge in [-0.3, -0.25) is 4.90 Å². The van der Waals surface area contributed by atoms with E-state index in [4.69, 9.17) is 10.5 Å². The number of alkyl halides is 3. The van der Waals surface area contributed by atoms with Gasteiger partial charge in [-0.1, -0.05) is 12.1 Å². The first kappa shape index (κ1) is 16.3. The molecule has 2 rings (SSSR count). The summed E-state index contributed by atoms with van der Waals surface area (Å²) in [5.74, 6) is 0.426. The highest BCUT2D eigenvalue weighted by atomic mass is 19.4. The number of benzene rings is 1. The molecule has 1 aromatic carbocycles. The van der Waals surface area contributed by atoms with Crippen molar-refractivity contribution in [2.24, 2.45) is 11.7 Å². The fourth-order valence-electron chi connectivity index (χ4n) is 2.94. The maximum atomic E-state index is 12.8. The molecule has 1 fully saturated rings. The molecule has 0 bridgehead atoms. The predicted molar refractivity (Wildman–Crippen MR) is 74.8 cm³/mol. The number of likely N-dealkylation sites (tertiary alicyclic amines) is 1. The molecule has 3 nitrogen and oxygen atoms in total. The van der Waals surface area contributed by atoms with Crippen LogP contribution in [0.4, 0.5) is 13.2 Å². The fraction of sp³-hybridized carbons (Fsp3) is 0.600. The Labute approximate surface area is 122 Å². The van der Waals surface area contributed by atoms with E-state index in [1.54, 1.807) is 13.2 Å². The first-order valence-electron chi connectivity index (χ1n) is 7.06. The minimum atomic E-state index is -4.32. The van der Waals surface area contributed by atoms with Crippen molar-refractivity contribution in [3.63, 3.8) is 0 Å². The topological polar surface area (TPSA) is 38.5 Å². The van der Waals surface area contributed by atoms with Gasteiger partial charge in [-0.05, 0) is 36.6 Å². The summed E-state index contributed by atoms with van der Waals surface area (Å²) in [6, 6.07) is 5.30. The second-order valence-corrected chi connectivity index (χ2v) is 5.48. The molecule has 21 heavy (non-hydrogen) atoms. The summed E-state index contributed by atoms with van der Waals surface area (Å²) in [6.45, 7) is 2.63. The third-order valence-corrected chi connectivity index (χ3v) is 3.98. The van der Waals surface area contributed by atoms with E-state index in [1.807, 2.05) is 0 Å². The molecule has 1 aromatic rings. The van der Waals surface area contributed by atoms with Gasteiger partial charge in [0, 0.05) is 26.2 Å². The predicted octanol–water partition coefficient (Wildman–Crippen LogP) is 2.67. The number of nitrogens with zero attached hydrogens (tertiary/aromatic N) is 1. The maximum absolute atomic E-state index is 12.8. The van der Waals surface area contributed by atoms with Crippen molar-refractivity contribution in [2.75, 3.05) is 33.4 Å². The van der Waals surface area contributed by atoms with Crippen LogP contribution in [0.15, 0.2) is 24.3 Å². The zero-order valence-electron chi connectivity index (χ0n) is 12.1. The minimum absolute atomic E-state index is 0.172. The molecule has 0 saturated carbocycles. The van der Waals surface area contributed by atoms with Gasteiger partial charge in [0.15, 0.2) is 0 Å². The van der Waals surface area contributed by atoms with Crippen LogP contribution >= 0.6 is 0 Å². The van der Waals surface area contributed by atoms with Gasteiger partial charge in [-0.25, -0.2) is 0 Å². The summed E-state index contributed by atoms with van der Waals surface area (Å²) >= 11 is 0.